The molecule has 1 heterocycles. The van der Waals surface area contributed by atoms with E-state index in [1.165, 1.54) is 0 Å². The Morgan fingerprint density at radius 1 is 1.38 bits per heavy atom. The first kappa shape index (κ1) is 15.5. The molecule has 1 aromatic heterocycles. The number of carbonyl (C=O) groups excluding carboxylic acids is 1. The lowest BCUT2D eigenvalue weighted by molar-refractivity contribution is 0.0690. The van der Waals surface area contributed by atoms with Crippen molar-refractivity contribution in [3.63, 3.8) is 0 Å². The van der Waals surface area contributed by atoms with Gasteiger partial charge in [-0.25, -0.2) is 0 Å². The summed E-state index contributed by atoms with van der Waals surface area (Å²) in [5.41, 5.74) is 8.02. The number of nitrogens with two attached hydrogens (primary N) is 1. The van der Waals surface area contributed by atoms with Crippen LogP contribution in [0.3, 0.4) is 0 Å². The van der Waals surface area contributed by atoms with Crippen molar-refractivity contribution >= 4 is 27.5 Å². The predicted octanol–water partition coefficient (Wildman–Crippen LogP) is 3.48. The Hall–Kier alpha value is -1.88. The Morgan fingerprint density at radius 2 is 2.14 bits per heavy atom. The fourth-order valence-corrected chi connectivity index (χ4v) is 2.38. The van der Waals surface area contributed by atoms with Crippen LogP contribution >= 0.6 is 15.9 Å². The number of pyridine rings is 1. The fourth-order valence-electron chi connectivity index (χ4n) is 2.00. The summed E-state index contributed by atoms with van der Waals surface area (Å²) in [6.07, 6.45) is 3.50. The van der Waals surface area contributed by atoms with E-state index in [9.17, 15) is 4.79 Å². The molecule has 0 unspecified atom stereocenters. The summed E-state index contributed by atoms with van der Waals surface area (Å²) in [6.45, 7) is 4.54. The molecule has 5 heteroatoms. The number of halogens is 1. The maximum absolute atomic E-state index is 12.7. The van der Waals surface area contributed by atoms with Gasteiger partial charge in [0.05, 0.1) is 0 Å². The zero-order valence-electron chi connectivity index (χ0n) is 12.1. The van der Waals surface area contributed by atoms with Gasteiger partial charge in [-0.05, 0) is 59.6 Å². The van der Waals surface area contributed by atoms with Gasteiger partial charge >= 0.3 is 0 Å². The summed E-state index contributed by atoms with van der Waals surface area (Å²) >= 11 is 3.36. The lowest BCUT2D eigenvalue weighted by atomic mass is 10.1. The first-order valence-electron chi connectivity index (χ1n) is 6.74. The van der Waals surface area contributed by atoms with Crippen LogP contribution in [0.1, 0.15) is 29.8 Å². The SMILES string of the molecule is CC(C)N(Cc1cccnc1)C(=O)c1ccc(N)c(Br)c1. The van der Waals surface area contributed by atoms with E-state index in [1.807, 2.05) is 30.9 Å². The Kier molecular flexibility index (Phi) is 4.96. The topological polar surface area (TPSA) is 59.2 Å². The van der Waals surface area contributed by atoms with Gasteiger partial charge in [0.2, 0.25) is 0 Å². The number of aromatic nitrogens is 1. The number of hydrogen-bond donors (Lipinski definition) is 1. The number of nitrogen functional groups attached to an aromatic ring is 1. The van der Waals surface area contributed by atoms with Crippen molar-refractivity contribution in [2.45, 2.75) is 26.4 Å². The molecule has 2 rings (SSSR count). The third-order valence-corrected chi connectivity index (χ3v) is 3.89. The van der Waals surface area contributed by atoms with Crippen LogP contribution in [-0.2, 0) is 6.54 Å². The normalized spacial score (nSPS) is 10.7. The van der Waals surface area contributed by atoms with E-state index in [0.717, 1.165) is 10.0 Å². The molecule has 0 aliphatic rings. The predicted molar refractivity (Wildman–Crippen MR) is 87.8 cm³/mol. The van der Waals surface area contributed by atoms with Crippen molar-refractivity contribution in [3.05, 3.63) is 58.3 Å². The fraction of sp³-hybridized carbons (Fsp3) is 0.250. The number of anilines is 1. The van der Waals surface area contributed by atoms with Crippen LogP contribution in [0.15, 0.2) is 47.2 Å². The van der Waals surface area contributed by atoms with Gasteiger partial charge in [-0.3, -0.25) is 9.78 Å². The molecule has 0 atom stereocenters. The second kappa shape index (κ2) is 6.72. The maximum atomic E-state index is 12.7. The number of benzene rings is 1. The first-order valence-corrected chi connectivity index (χ1v) is 7.53. The highest BCUT2D eigenvalue weighted by Gasteiger charge is 2.19. The van der Waals surface area contributed by atoms with Gasteiger partial charge < -0.3 is 10.6 Å². The molecule has 1 aromatic carbocycles. The average molecular weight is 348 g/mol. The molecule has 0 aliphatic carbocycles. The Balaban J connectivity index is 2.25. The van der Waals surface area contributed by atoms with E-state index in [-0.39, 0.29) is 11.9 Å². The van der Waals surface area contributed by atoms with Gasteiger partial charge in [-0.1, -0.05) is 6.07 Å². The van der Waals surface area contributed by atoms with Crippen LogP contribution in [0.25, 0.3) is 0 Å². The minimum Gasteiger partial charge on any atom is -0.398 e. The van der Waals surface area contributed by atoms with Gasteiger partial charge in [-0.15, -0.1) is 0 Å². The first-order chi connectivity index (χ1) is 9.99. The van der Waals surface area contributed by atoms with E-state index in [0.29, 0.717) is 17.8 Å². The molecule has 0 spiro atoms. The number of rotatable bonds is 4. The van der Waals surface area contributed by atoms with E-state index in [1.54, 1.807) is 30.6 Å². The zero-order chi connectivity index (χ0) is 15.4. The molecular formula is C16H18BrN3O. The monoisotopic (exact) mass is 347 g/mol. The largest absolute Gasteiger partial charge is 0.398 e. The highest BCUT2D eigenvalue weighted by molar-refractivity contribution is 9.10. The summed E-state index contributed by atoms with van der Waals surface area (Å²) in [6, 6.07) is 9.18. The zero-order valence-corrected chi connectivity index (χ0v) is 13.7. The summed E-state index contributed by atoms with van der Waals surface area (Å²) in [7, 11) is 0. The highest BCUT2D eigenvalue weighted by atomic mass is 79.9. The average Bonchev–Trinajstić information content (AvgIpc) is 2.47. The molecule has 0 fully saturated rings. The molecule has 1 amide bonds. The molecule has 2 N–H and O–H groups in total. The van der Waals surface area contributed by atoms with Crippen LogP contribution in [0.4, 0.5) is 5.69 Å². The van der Waals surface area contributed by atoms with Crippen molar-refractivity contribution < 1.29 is 4.79 Å². The second-order valence-electron chi connectivity index (χ2n) is 5.12. The summed E-state index contributed by atoms with van der Waals surface area (Å²) in [5.74, 6) is -0.0189. The van der Waals surface area contributed by atoms with Crippen molar-refractivity contribution in [2.75, 3.05) is 5.73 Å². The van der Waals surface area contributed by atoms with Crippen molar-refractivity contribution in [3.8, 4) is 0 Å². The number of nitrogens with zero attached hydrogens (tertiary/aromatic N) is 2. The van der Waals surface area contributed by atoms with Gasteiger partial charge in [-0.2, -0.15) is 0 Å². The van der Waals surface area contributed by atoms with E-state index in [4.69, 9.17) is 5.73 Å². The van der Waals surface area contributed by atoms with E-state index < -0.39 is 0 Å². The molecule has 21 heavy (non-hydrogen) atoms. The highest BCUT2D eigenvalue weighted by Crippen LogP contribution is 2.22. The molecule has 110 valence electrons. The van der Waals surface area contributed by atoms with Gasteiger partial charge in [0.1, 0.15) is 0 Å². The minimum atomic E-state index is -0.0189. The third kappa shape index (κ3) is 3.82. The summed E-state index contributed by atoms with van der Waals surface area (Å²) in [5, 5.41) is 0. The number of carbonyl (C=O) groups is 1. The van der Waals surface area contributed by atoms with Crippen molar-refractivity contribution in [1.29, 1.82) is 0 Å². The van der Waals surface area contributed by atoms with Gasteiger partial charge in [0.15, 0.2) is 0 Å². The van der Waals surface area contributed by atoms with Crippen LogP contribution < -0.4 is 5.73 Å². The number of amides is 1. The quantitative estimate of drug-likeness (QED) is 0.861. The third-order valence-electron chi connectivity index (χ3n) is 3.21. The Labute approximate surface area is 133 Å². The second-order valence-corrected chi connectivity index (χ2v) is 5.98. The molecule has 0 aliphatic heterocycles. The van der Waals surface area contributed by atoms with Crippen LogP contribution in [0.2, 0.25) is 0 Å². The van der Waals surface area contributed by atoms with E-state index >= 15 is 0 Å². The van der Waals surface area contributed by atoms with E-state index in [2.05, 4.69) is 20.9 Å². The number of hydrogen-bond acceptors (Lipinski definition) is 3. The lowest BCUT2D eigenvalue weighted by Gasteiger charge is -2.27. The Morgan fingerprint density at radius 3 is 2.71 bits per heavy atom. The van der Waals surface area contributed by atoms with Crippen LogP contribution in [0, 0.1) is 0 Å². The standard InChI is InChI=1S/C16H18BrN3O/c1-11(2)20(10-12-4-3-7-19-9-12)16(21)13-5-6-15(18)14(17)8-13/h3-9,11H,10,18H2,1-2H3. The lowest BCUT2D eigenvalue weighted by Crippen LogP contribution is -2.36. The molecular weight excluding hydrogens is 330 g/mol. The molecule has 0 radical (unpaired) electrons. The minimum absolute atomic E-state index is 0.0189. The summed E-state index contributed by atoms with van der Waals surface area (Å²) in [4.78, 5) is 18.6. The molecule has 4 nitrogen and oxygen atoms in total. The smallest absolute Gasteiger partial charge is 0.254 e. The van der Waals surface area contributed by atoms with Crippen molar-refractivity contribution in [2.24, 2.45) is 0 Å². The molecule has 0 bridgehead atoms. The van der Waals surface area contributed by atoms with Gasteiger partial charge in [0.25, 0.3) is 5.91 Å². The van der Waals surface area contributed by atoms with Crippen LogP contribution in [0.5, 0.6) is 0 Å². The molecule has 2 aromatic rings. The maximum Gasteiger partial charge on any atom is 0.254 e. The van der Waals surface area contributed by atoms with Crippen LogP contribution in [-0.4, -0.2) is 21.8 Å². The molecule has 0 saturated heterocycles. The van der Waals surface area contributed by atoms with Gasteiger partial charge in [0, 0.05) is 40.7 Å². The Bertz CT molecular complexity index is 629. The molecule has 0 saturated carbocycles. The summed E-state index contributed by atoms with van der Waals surface area (Å²) < 4.78 is 0.735. The van der Waals surface area contributed by atoms with Crippen molar-refractivity contribution in [1.82, 2.24) is 9.88 Å².